The van der Waals surface area contributed by atoms with Crippen LogP contribution in [0.15, 0.2) is 5.11 Å². The van der Waals surface area contributed by atoms with E-state index in [1.54, 1.807) is 0 Å². The van der Waals surface area contributed by atoms with E-state index in [0.717, 1.165) is 94.1 Å². The Morgan fingerprint density at radius 1 is 0.237 bits per heavy atom. The third kappa shape index (κ3) is 75.3. The van der Waals surface area contributed by atoms with Gasteiger partial charge in [0.1, 0.15) is 36.3 Å². The summed E-state index contributed by atoms with van der Waals surface area (Å²) < 4.78 is 0. The number of azide groups is 1. The van der Waals surface area contributed by atoms with Crippen LogP contribution in [-0.4, -0.2) is 289 Å². The minimum absolute atomic E-state index is 0.00331. The second-order valence-electron chi connectivity index (χ2n) is 31.0. The van der Waals surface area contributed by atoms with Crippen LogP contribution in [0.2, 0.25) is 0 Å². The molecule has 0 saturated carbocycles. The van der Waals surface area contributed by atoms with Crippen molar-refractivity contribution in [3.8, 4) is 0 Å². The molecule has 0 fully saturated rings. The lowest BCUT2D eigenvalue weighted by molar-refractivity contribution is -0.133. The fourth-order valence-electron chi connectivity index (χ4n) is 12.4. The molecular weight excluding hydrogens is 1910 g/mol. The molecule has 15 amide bonds. The topological polar surface area (TPSA) is 613 Å². The van der Waals surface area contributed by atoms with Crippen molar-refractivity contribution in [2.24, 2.45) is 5.11 Å². The lowest BCUT2D eigenvalue weighted by atomic mass is 10.0. The van der Waals surface area contributed by atoms with Crippen molar-refractivity contribution in [2.45, 2.75) is 284 Å². The van der Waals surface area contributed by atoms with Gasteiger partial charge in [0.25, 0.3) is 0 Å². The van der Waals surface area contributed by atoms with E-state index < -0.39 is 101 Å². The van der Waals surface area contributed by atoms with E-state index in [0.29, 0.717) is 69.3 Å². The van der Waals surface area contributed by atoms with Crippen LogP contribution >= 0.6 is 94.1 Å². The first-order chi connectivity index (χ1) is 64.3. The van der Waals surface area contributed by atoms with Crippen molar-refractivity contribution in [3.05, 3.63) is 10.4 Å². The molecule has 0 aliphatic rings. The average molecular weight is 2050 g/mol. The van der Waals surface area contributed by atoms with Gasteiger partial charge in [-0.05, 0) is 134 Å². The summed E-state index contributed by atoms with van der Waals surface area (Å²) >= 11 is 7.72. The molecule has 0 spiro atoms. The lowest BCUT2D eigenvalue weighted by Gasteiger charge is -2.26. The first-order valence-electron chi connectivity index (χ1n) is 45.6. The van der Waals surface area contributed by atoms with Crippen LogP contribution in [0.3, 0.4) is 0 Å². The minimum atomic E-state index is -1.36. The third-order valence-electron chi connectivity index (χ3n) is 19.3. The molecule has 0 bridgehead atoms. The van der Waals surface area contributed by atoms with Gasteiger partial charge < -0.3 is 79.3 Å². The first kappa shape index (κ1) is 127. The normalized spacial score (nSPS) is 12.1. The van der Waals surface area contributed by atoms with Crippen LogP contribution in [0.5, 0.6) is 0 Å². The Kier molecular flexibility index (Phi) is 76.4. The predicted octanol–water partition coefficient (Wildman–Crippen LogP) is 4.90. The number of hydrogen-bond donors (Lipinski definition) is 14. The monoisotopic (exact) mass is 2050 g/mol. The summed E-state index contributed by atoms with van der Waals surface area (Å²) in [5.74, 6) is -6.29. The Morgan fingerprint density at radius 2 is 0.444 bits per heavy atom. The van der Waals surface area contributed by atoms with Gasteiger partial charge in [0.2, 0.25) is 88.6 Å². The summed E-state index contributed by atoms with van der Waals surface area (Å²) in [4.78, 5) is 301. The van der Waals surface area contributed by atoms with Crippen molar-refractivity contribution in [1.82, 2.24) is 79.3 Å². The Balaban J connectivity index is 7.63. The molecule has 14 N–H and O–H groups in total. The Hall–Kier alpha value is -8.48. The summed E-state index contributed by atoms with van der Waals surface area (Å²) in [5, 5.41) is 41.0. The molecule has 0 heterocycles. The number of unbranched alkanes of at least 4 members (excludes halogenated alkanes) is 8. The molecule has 135 heavy (non-hydrogen) atoms. The summed E-state index contributed by atoms with van der Waals surface area (Å²) in [6.07, 6.45) is 4.75. The number of carbonyl (C=O) groups excluding carboxylic acids is 23. The van der Waals surface area contributed by atoms with Gasteiger partial charge in [-0.15, -0.1) is 0 Å². The van der Waals surface area contributed by atoms with Gasteiger partial charge in [-0.3, -0.25) is 110 Å². The zero-order valence-electron chi connectivity index (χ0n) is 79.1. The highest BCUT2D eigenvalue weighted by molar-refractivity contribution is 8.15. The van der Waals surface area contributed by atoms with Crippen molar-refractivity contribution < 1.29 is 110 Å². The summed E-state index contributed by atoms with van der Waals surface area (Å²) in [5.41, 5.74) is 8.91. The standard InChI is InChI=1S/C86H142N18O23S8/c1-58(105)128-50-31-72(113)88-39-18-11-24-66(97-76(117)35-54-132-62(5)109)81(122)92-43-22-15-26-68(101-85(126)70(99-78(119)37-56-134-64(7)111)28-13-20-41-90-74(115)33-52-130-60(3)107)83(124)94-46-48-104(80(121)30-10-9-17-45-96-103-87)49-47-95-84(125)69(102-86(127)71(100-79(120)38-57-135-65(8)112)29-14-21-42-91-75(116)34-53-131-61(4)108)27-16-23-44-93-82(123)67(98-77(118)36-55-133-63(6)110)25-12-19-40-89-73(114)32-51-129-59(2)106/h66-71H,9-57H2,1-8H3,(H,88,113)(H,89,114)(H,90,115)(H,91,116)(H,92,122)(H,93,123)(H,94,124)(H,95,125)(H,97,117)(H,98,118)(H,99,119)(H,100,120)(H,101,126)(H,102,127)/t66-,67-,68-,69-,70-,71-/m0/s1. The maximum absolute atomic E-state index is 14.8. The third-order valence-corrected chi connectivity index (χ3v) is 25.8. The molecule has 0 aromatic carbocycles. The Bertz CT molecular complexity index is 3640. The van der Waals surface area contributed by atoms with Crippen LogP contribution in [0.4, 0.5) is 0 Å². The van der Waals surface area contributed by atoms with Crippen LogP contribution in [0, 0.1) is 0 Å². The lowest BCUT2D eigenvalue weighted by Crippen LogP contribution is -2.55. The van der Waals surface area contributed by atoms with E-state index >= 15 is 0 Å². The molecule has 0 saturated heterocycles. The Morgan fingerprint density at radius 3 is 0.674 bits per heavy atom. The maximum atomic E-state index is 14.8. The van der Waals surface area contributed by atoms with Gasteiger partial charge in [0, 0.05) is 236 Å². The first-order valence-corrected chi connectivity index (χ1v) is 53.5. The smallest absolute Gasteiger partial charge is 0.243 e. The zero-order chi connectivity index (χ0) is 101. The van der Waals surface area contributed by atoms with Gasteiger partial charge in [0.15, 0.2) is 40.9 Å². The molecule has 6 atom stereocenters. The Labute approximate surface area is 825 Å². The molecule has 762 valence electrons. The molecule has 0 radical (unpaired) electrons. The number of thioether (sulfide) groups is 8. The highest BCUT2D eigenvalue weighted by atomic mass is 32.2. The highest BCUT2D eigenvalue weighted by Gasteiger charge is 2.31. The van der Waals surface area contributed by atoms with Gasteiger partial charge in [-0.1, -0.05) is 106 Å². The molecule has 0 unspecified atom stereocenters. The van der Waals surface area contributed by atoms with Crippen molar-refractivity contribution in [3.63, 3.8) is 0 Å². The number of hydrogen-bond acceptors (Lipinski definition) is 32. The van der Waals surface area contributed by atoms with E-state index in [1.165, 1.54) is 60.3 Å². The van der Waals surface area contributed by atoms with Crippen LogP contribution in [-0.2, 0) is 110 Å². The van der Waals surface area contributed by atoms with Gasteiger partial charge in [0.05, 0.1) is 0 Å². The zero-order valence-corrected chi connectivity index (χ0v) is 85.6. The molecule has 0 rings (SSSR count). The molecule has 41 nitrogen and oxygen atoms in total. The quantitative estimate of drug-likeness (QED) is 0.0166. The van der Waals surface area contributed by atoms with Crippen molar-refractivity contribution in [2.75, 3.05) is 118 Å². The van der Waals surface area contributed by atoms with Crippen LogP contribution in [0.1, 0.15) is 248 Å². The minimum Gasteiger partial charge on any atom is -0.356 e. The average Bonchev–Trinajstić information content (AvgIpc) is 0.881. The van der Waals surface area contributed by atoms with E-state index in [9.17, 15) is 110 Å². The fraction of sp³-hybridized carbons (Fsp3) is 0.733. The second kappa shape index (κ2) is 81.5. The van der Waals surface area contributed by atoms with E-state index in [4.69, 9.17) is 5.53 Å². The largest absolute Gasteiger partial charge is 0.356 e. The number of nitrogens with zero attached hydrogens (tertiary/aromatic N) is 4. The molecule has 0 aliphatic heterocycles. The molecule has 0 aromatic rings. The molecular formula is C86H142N18O23S8. The van der Waals surface area contributed by atoms with Gasteiger partial charge in [-0.25, -0.2) is 0 Å². The number of carbonyl (C=O) groups is 23. The summed E-state index contributed by atoms with van der Waals surface area (Å²) in [6, 6.07) is -7.32. The number of amides is 15. The van der Waals surface area contributed by atoms with Crippen LogP contribution in [0.25, 0.3) is 10.4 Å². The molecule has 0 aromatic heterocycles. The van der Waals surface area contributed by atoms with Crippen LogP contribution < -0.4 is 74.4 Å². The summed E-state index contributed by atoms with van der Waals surface area (Å²) in [7, 11) is 0. The van der Waals surface area contributed by atoms with Crippen molar-refractivity contribution in [1.29, 1.82) is 0 Å². The van der Waals surface area contributed by atoms with Gasteiger partial charge in [-0.2, -0.15) is 0 Å². The second-order valence-corrected chi connectivity index (χ2v) is 41.2. The highest BCUT2D eigenvalue weighted by Crippen LogP contribution is 2.16. The van der Waals surface area contributed by atoms with E-state index in [-0.39, 0.29) is 306 Å². The molecule has 49 heteroatoms. The van der Waals surface area contributed by atoms with Gasteiger partial charge >= 0.3 is 0 Å². The molecule has 0 aliphatic carbocycles. The van der Waals surface area contributed by atoms with E-state index in [1.807, 2.05) is 0 Å². The van der Waals surface area contributed by atoms with E-state index in [2.05, 4.69) is 84.5 Å². The maximum Gasteiger partial charge on any atom is 0.243 e. The number of nitrogens with one attached hydrogen (secondary N) is 14. The number of rotatable bonds is 78. The fourth-order valence-corrected chi connectivity index (χ4v) is 17.0. The predicted molar refractivity (Wildman–Crippen MR) is 530 cm³/mol. The summed E-state index contributed by atoms with van der Waals surface area (Å²) in [6.45, 7) is 11.0. The SMILES string of the molecule is CC(=O)SCCC(=O)NCCCC[C@H](NC(=O)CCSC(C)=O)C(=O)NCCCC[C@H](NC(=O)[C@H](CCCCNC(=O)CCSC(C)=O)NC(=O)CCSC(C)=O)C(=O)NCCN(CCNC(=O)[C@H](CCCCNC(=O)[C@H](CCCCNC(=O)CCSC(C)=O)NC(=O)CCSC(C)=O)NC(=O)[C@H](CCCCNC(=O)CCSC(C)=O)NC(=O)CCSC(C)=O)C(=O)CCCCCN=[N+]=[N-]. The van der Waals surface area contributed by atoms with Crippen molar-refractivity contribution >= 4 is 224 Å².